The Bertz CT molecular complexity index is 1580. The van der Waals surface area contributed by atoms with Crippen molar-refractivity contribution in [1.29, 1.82) is 5.26 Å². The molecule has 0 saturated carbocycles. The summed E-state index contributed by atoms with van der Waals surface area (Å²) in [6, 6.07) is 22.2. The molecule has 33 heavy (non-hydrogen) atoms. The van der Waals surface area contributed by atoms with E-state index in [2.05, 4.69) is 34.2 Å². The summed E-state index contributed by atoms with van der Waals surface area (Å²) >= 11 is 0. The second-order valence-corrected chi connectivity index (χ2v) is 8.74. The van der Waals surface area contributed by atoms with Gasteiger partial charge in [0.1, 0.15) is 0 Å². The second kappa shape index (κ2) is 7.64. The predicted octanol–water partition coefficient (Wildman–Crippen LogP) is 5.19. The Kier molecular flexibility index (Phi) is 4.75. The molecular weight excluding hydrogens is 410 g/mol. The van der Waals surface area contributed by atoms with E-state index in [1.807, 2.05) is 62.5 Å². The fraction of sp³-hybridized carbons (Fsp3) is 0.148. The van der Waals surface area contributed by atoms with Crippen LogP contribution in [0.5, 0.6) is 0 Å². The number of hydrogen-bond acceptors (Lipinski definition) is 3. The van der Waals surface area contributed by atoms with Gasteiger partial charge in [0.2, 0.25) is 0 Å². The van der Waals surface area contributed by atoms with E-state index in [1.54, 1.807) is 28.6 Å². The summed E-state index contributed by atoms with van der Waals surface area (Å²) in [5.41, 5.74) is 5.50. The molecule has 1 N–H and O–H groups in total. The molecule has 6 nitrogen and oxygen atoms in total. The van der Waals surface area contributed by atoms with E-state index in [9.17, 15) is 10.1 Å². The van der Waals surface area contributed by atoms with Crippen LogP contribution in [0.25, 0.3) is 39.1 Å². The number of aryl methyl sites for hydroxylation is 1. The molecule has 0 spiro atoms. The zero-order valence-corrected chi connectivity index (χ0v) is 18.7. The molecule has 0 saturated heterocycles. The van der Waals surface area contributed by atoms with E-state index < -0.39 is 5.41 Å². The fourth-order valence-electron chi connectivity index (χ4n) is 4.06. The number of pyridine rings is 1. The number of benzene rings is 2. The zero-order chi connectivity index (χ0) is 23.2. The van der Waals surface area contributed by atoms with Gasteiger partial charge in [0.25, 0.3) is 0 Å². The van der Waals surface area contributed by atoms with Crippen LogP contribution in [-0.2, 0) is 12.5 Å². The summed E-state index contributed by atoms with van der Waals surface area (Å²) in [7, 11) is 1.74. The minimum atomic E-state index is -0.598. The summed E-state index contributed by atoms with van der Waals surface area (Å²) in [4.78, 5) is 20.8. The lowest BCUT2D eigenvalue weighted by molar-refractivity contribution is 0.686. The van der Waals surface area contributed by atoms with Crippen LogP contribution in [-0.4, -0.2) is 19.1 Å². The number of nitrogens with zero attached hydrogens (tertiary/aromatic N) is 4. The number of aromatic nitrogens is 4. The van der Waals surface area contributed by atoms with Crippen LogP contribution in [0.2, 0.25) is 0 Å². The molecule has 0 unspecified atom stereocenters. The van der Waals surface area contributed by atoms with Gasteiger partial charge in [-0.15, -0.1) is 0 Å². The normalized spacial score (nSPS) is 11.6. The molecule has 3 heterocycles. The van der Waals surface area contributed by atoms with Crippen molar-refractivity contribution in [3.63, 3.8) is 0 Å². The third kappa shape index (κ3) is 3.54. The number of hydrogen-bond donors (Lipinski definition) is 1. The topological polar surface area (TPSA) is 79.4 Å². The fourth-order valence-corrected chi connectivity index (χ4v) is 4.06. The van der Waals surface area contributed by atoms with Gasteiger partial charge in [-0.3, -0.25) is 9.55 Å². The summed E-state index contributed by atoms with van der Waals surface area (Å²) in [5, 5.41) is 10.6. The maximum Gasteiger partial charge on any atom is 0.333 e. The van der Waals surface area contributed by atoms with Crippen LogP contribution in [0.4, 0.5) is 0 Å². The Morgan fingerprint density at radius 1 is 1.00 bits per heavy atom. The average molecular weight is 434 g/mol. The lowest BCUT2D eigenvalue weighted by atomic mass is 9.86. The minimum absolute atomic E-state index is 0.154. The monoisotopic (exact) mass is 433 g/mol. The molecule has 0 aliphatic rings. The van der Waals surface area contributed by atoms with Crippen LogP contribution in [0.3, 0.4) is 0 Å². The van der Waals surface area contributed by atoms with Gasteiger partial charge in [0.05, 0.1) is 28.6 Å². The standard InChI is InChI=1S/C27H23N5O/c1-27(2,17-28)21-5-7-22(8-6-21)32-25(16-31(3)26(32)33)24-15-19(10-12-30-24)18-4-9-23-20(14-18)11-13-29-23/h4-16,29H,1-3H3. The van der Waals surface area contributed by atoms with Crippen LogP contribution in [0, 0.1) is 11.3 Å². The van der Waals surface area contributed by atoms with Gasteiger partial charge in [0.15, 0.2) is 0 Å². The van der Waals surface area contributed by atoms with Crippen LogP contribution < -0.4 is 5.69 Å². The summed E-state index contributed by atoms with van der Waals surface area (Å²) in [5.74, 6) is 0. The molecule has 0 bridgehead atoms. The van der Waals surface area contributed by atoms with Crippen molar-refractivity contribution in [1.82, 2.24) is 19.1 Å². The summed E-state index contributed by atoms with van der Waals surface area (Å²) < 4.78 is 3.22. The van der Waals surface area contributed by atoms with Crippen molar-refractivity contribution < 1.29 is 0 Å². The number of H-pyrrole nitrogens is 1. The molecule has 0 radical (unpaired) electrons. The molecule has 0 fully saturated rings. The lowest BCUT2D eigenvalue weighted by Gasteiger charge is -2.16. The van der Waals surface area contributed by atoms with Crippen LogP contribution >= 0.6 is 0 Å². The molecule has 2 aromatic carbocycles. The molecule has 0 amide bonds. The van der Waals surface area contributed by atoms with Gasteiger partial charge in [-0.25, -0.2) is 4.79 Å². The first-order valence-electron chi connectivity index (χ1n) is 10.7. The highest BCUT2D eigenvalue weighted by molar-refractivity contribution is 5.85. The van der Waals surface area contributed by atoms with Gasteiger partial charge in [-0.1, -0.05) is 18.2 Å². The van der Waals surface area contributed by atoms with Gasteiger partial charge < -0.3 is 9.55 Å². The summed E-state index contributed by atoms with van der Waals surface area (Å²) in [6.45, 7) is 3.75. The van der Waals surface area contributed by atoms with Crippen LogP contribution in [0.15, 0.2) is 84.0 Å². The number of fused-ring (bicyclic) bond motifs is 1. The van der Waals surface area contributed by atoms with E-state index in [0.717, 1.165) is 33.3 Å². The number of nitrogens with one attached hydrogen (secondary N) is 1. The third-order valence-corrected chi connectivity index (χ3v) is 6.09. The smallest absolute Gasteiger partial charge is 0.333 e. The van der Waals surface area contributed by atoms with E-state index in [4.69, 9.17) is 0 Å². The molecule has 5 rings (SSSR count). The maximum atomic E-state index is 13.0. The molecule has 0 atom stereocenters. The molecular formula is C27H23N5O. The lowest BCUT2D eigenvalue weighted by Crippen LogP contribution is -2.21. The van der Waals surface area contributed by atoms with E-state index >= 15 is 0 Å². The first kappa shape index (κ1) is 20.5. The highest BCUT2D eigenvalue weighted by atomic mass is 16.1. The maximum absolute atomic E-state index is 13.0. The van der Waals surface area contributed by atoms with E-state index in [1.165, 1.54) is 0 Å². The Hall–Kier alpha value is -4.37. The van der Waals surface area contributed by atoms with Crippen molar-refractivity contribution in [3.05, 3.63) is 95.3 Å². The van der Waals surface area contributed by atoms with E-state index in [-0.39, 0.29) is 5.69 Å². The second-order valence-electron chi connectivity index (χ2n) is 8.74. The summed E-state index contributed by atoms with van der Waals surface area (Å²) in [6.07, 6.45) is 5.50. The number of aromatic amines is 1. The van der Waals surface area contributed by atoms with Gasteiger partial charge >= 0.3 is 5.69 Å². The number of imidazole rings is 1. The van der Waals surface area contributed by atoms with Crippen molar-refractivity contribution >= 4 is 10.9 Å². The SMILES string of the molecule is Cn1cc(-c2cc(-c3ccc4[nH]ccc4c3)ccn2)n(-c2ccc(C(C)(C)C#N)cc2)c1=O. The molecule has 6 heteroatoms. The molecule has 0 aliphatic carbocycles. The quantitative estimate of drug-likeness (QED) is 0.424. The van der Waals surface area contributed by atoms with Crippen LogP contribution in [0.1, 0.15) is 19.4 Å². The predicted molar refractivity (Wildman–Crippen MR) is 130 cm³/mol. The van der Waals surface area contributed by atoms with Crippen molar-refractivity contribution in [2.45, 2.75) is 19.3 Å². The first-order valence-corrected chi connectivity index (χ1v) is 10.7. The molecule has 0 aliphatic heterocycles. The van der Waals surface area contributed by atoms with Crippen molar-refractivity contribution in [2.75, 3.05) is 0 Å². The molecule has 5 aromatic rings. The third-order valence-electron chi connectivity index (χ3n) is 6.09. The van der Waals surface area contributed by atoms with Gasteiger partial charge in [0, 0.05) is 31.2 Å². The highest BCUT2D eigenvalue weighted by Gasteiger charge is 2.20. The van der Waals surface area contributed by atoms with Crippen molar-refractivity contribution in [3.8, 4) is 34.3 Å². The van der Waals surface area contributed by atoms with Crippen molar-refractivity contribution in [2.24, 2.45) is 7.05 Å². The Morgan fingerprint density at radius 2 is 1.76 bits per heavy atom. The minimum Gasteiger partial charge on any atom is -0.361 e. The Balaban J connectivity index is 1.60. The molecule has 162 valence electrons. The zero-order valence-electron chi connectivity index (χ0n) is 18.7. The largest absolute Gasteiger partial charge is 0.361 e. The van der Waals surface area contributed by atoms with E-state index in [0.29, 0.717) is 11.4 Å². The number of rotatable bonds is 4. The highest BCUT2D eigenvalue weighted by Crippen LogP contribution is 2.29. The van der Waals surface area contributed by atoms with Gasteiger partial charge in [-0.2, -0.15) is 5.26 Å². The van der Waals surface area contributed by atoms with Gasteiger partial charge in [-0.05, 0) is 78.4 Å². The Morgan fingerprint density at radius 3 is 2.52 bits per heavy atom. The molecule has 3 aromatic heterocycles. The number of nitriles is 1. The Labute approximate surface area is 191 Å². The first-order chi connectivity index (χ1) is 15.9. The average Bonchev–Trinajstić information content (AvgIpc) is 3.43.